The summed E-state index contributed by atoms with van der Waals surface area (Å²) in [6.45, 7) is 3.19. The number of carbonyl (C=O) groups is 3. The van der Waals surface area contributed by atoms with Crippen molar-refractivity contribution in [3.8, 4) is 11.3 Å². The van der Waals surface area contributed by atoms with E-state index in [1.807, 2.05) is 0 Å². The molecule has 2 aromatic heterocycles. The smallest absolute Gasteiger partial charge is 0.341 e. The lowest BCUT2D eigenvalue weighted by Crippen LogP contribution is -2.21. The molecule has 0 spiro atoms. The molecule has 0 bridgehead atoms. The first-order valence-corrected chi connectivity index (χ1v) is 10.8. The molecule has 1 N–H and O–H groups in total. The molecule has 32 heavy (non-hydrogen) atoms. The highest BCUT2D eigenvalue weighted by molar-refractivity contribution is 7.18. The van der Waals surface area contributed by atoms with E-state index in [0.29, 0.717) is 26.0 Å². The third kappa shape index (κ3) is 4.23. The summed E-state index contributed by atoms with van der Waals surface area (Å²) in [5, 5.41) is 7.41. The van der Waals surface area contributed by atoms with Gasteiger partial charge in [0.1, 0.15) is 22.0 Å². The van der Waals surface area contributed by atoms with Gasteiger partial charge in [-0.15, -0.1) is 11.3 Å². The van der Waals surface area contributed by atoms with Gasteiger partial charge in [0.15, 0.2) is 0 Å². The molecule has 1 aromatic carbocycles. The Bertz CT molecular complexity index is 1210. The van der Waals surface area contributed by atoms with Gasteiger partial charge < -0.3 is 19.5 Å². The van der Waals surface area contributed by atoms with Crippen LogP contribution in [0.4, 0.5) is 5.00 Å². The first kappa shape index (κ1) is 23.8. The van der Waals surface area contributed by atoms with Crippen molar-refractivity contribution < 1.29 is 23.6 Å². The number of halogens is 2. The van der Waals surface area contributed by atoms with Gasteiger partial charge in [-0.05, 0) is 31.5 Å². The largest absolute Gasteiger partial charge is 0.465 e. The maximum absolute atomic E-state index is 13.3. The molecule has 2 heterocycles. The summed E-state index contributed by atoms with van der Waals surface area (Å²) >= 11 is 13.5. The minimum Gasteiger partial charge on any atom is -0.465 e. The summed E-state index contributed by atoms with van der Waals surface area (Å²) in [6, 6.07) is 4.90. The lowest BCUT2D eigenvalue weighted by atomic mass is 10.1. The summed E-state index contributed by atoms with van der Waals surface area (Å²) in [7, 11) is 4.41. The van der Waals surface area contributed by atoms with Crippen LogP contribution in [-0.4, -0.2) is 49.0 Å². The van der Waals surface area contributed by atoms with E-state index in [1.165, 1.54) is 12.0 Å². The Kier molecular flexibility index (Phi) is 6.92. The van der Waals surface area contributed by atoms with Crippen molar-refractivity contribution in [1.82, 2.24) is 10.1 Å². The number of hydrogen-bond donors (Lipinski definition) is 1. The first-order chi connectivity index (χ1) is 15.1. The molecular weight excluding hydrogens is 477 g/mol. The van der Waals surface area contributed by atoms with Crippen molar-refractivity contribution in [3.63, 3.8) is 0 Å². The third-order valence-corrected chi connectivity index (χ3v) is 6.48. The standard InChI is InChI=1S/C21H19Cl2N3O5S/c1-9-13(21(29)30-5)19(32-17(9)20(28)26(3)4)24-18(27)14-10(2)31-25-16(14)15-11(22)7-6-8-12(15)23/h6-8H,1-5H3,(H,24,27). The number of esters is 1. The molecule has 0 saturated heterocycles. The van der Waals surface area contributed by atoms with Crippen LogP contribution in [0, 0.1) is 13.8 Å². The molecule has 0 aliphatic rings. The number of benzene rings is 1. The molecule has 0 aliphatic heterocycles. The van der Waals surface area contributed by atoms with Gasteiger partial charge in [-0.25, -0.2) is 4.79 Å². The number of methoxy groups -OCH3 is 1. The number of anilines is 1. The molecule has 2 amide bonds. The van der Waals surface area contributed by atoms with Gasteiger partial charge in [0.05, 0.1) is 27.6 Å². The van der Waals surface area contributed by atoms with Gasteiger partial charge in [0.2, 0.25) is 0 Å². The number of nitrogens with one attached hydrogen (secondary N) is 1. The van der Waals surface area contributed by atoms with Crippen LogP contribution in [0.25, 0.3) is 11.3 Å². The predicted molar refractivity (Wildman–Crippen MR) is 123 cm³/mol. The van der Waals surface area contributed by atoms with Gasteiger partial charge >= 0.3 is 5.97 Å². The van der Waals surface area contributed by atoms with Crippen molar-refractivity contribution in [1.29, 1.82) is 0 Å². The minimum absolute atomic E-state index is 0.0994. The van der Waals surface area contributed by atoms with E-state index >= 15 is 0 Å². The van der Waals surface area contributed by atoms with Crippen LogP contribution in [-0.2, 0) is 4.74 Å². The van der Waals surface area contributed by atoms with Crippen molar-refractivity contribution in [2.45, 2.75) is 13.8 Å². The van der Waals surface area contributed by atoms with E-state index in [1.54, 1.807) is 46.1 Å². The number of thiophene rings is 1. The first-order valence-electron chi connectivity index (χ1n) is 9.23. The van der Waals surface area contributed by atoms with Gasteiger partial charge in [0.25, 0.3) is 11.8 Å². The second-order valence-electron chi connectivity index (χ2n) is 6.96. The normalized spacial score (nSPS) is 10.7. The highest BCUT2D eigenvalue weighted by Crippen LogP contribution is 2.38. The Morgan fingerprint density at radius 2 is 1.75 bits per heavy atom. The second-order valence-corrected chi connectivity index (χ2v) is 8.80. The lowest BCUT2D eigenvalue weighted by molar-refractivity contribution is 0.0601. The molecule has 0 saturated carbocycles. The zero-order chi connectivity index (χ0) is 23.7. The van der Waals surface area contributed by atoms with Crippen molar-refractivity contribution in [2.24, 2.45) is 0 Å². The quantitative estimate of drug-likeness (QED) is 0.495. The highest BCUT2D eigenvalue weighted by atomic mass is 35.5. The number of aromatic nitrogens is 1. The van der Waals surface area contributed by atoms with E-state index in [2.05, 4.69) is 10.5 Å². The van der Waals surface area contributed by atoms with Crippen LogP contribution in [0.5, 0.6) is 0 Å². The summed E-state index contributed by atoms with van der Waals surface area (Å²) < 4.78 is 10.1. The number of carbonyl (C=O) groups excluding carboxylic acids is 3. The SMILES string of the molecule is COC(=O)c1c(NC(=O)c2c(-c3c(Cl)cccc3Cl)noc2C)sc(C(=O)N(C)C)c1C. The van der Waals surface area contributed by atoms with Crippen LogP contribution in [0.15, 0.2) is 22.7 Å². The Hall–Kier alpha value is -2.88. The summed E-state index contributed by atoms with van der Waals surface area (Å²) in [5.41, 5.74) is 1.11. The summed E-state index contributed by atoms with van der Waals surface area (Å²) in [5.74, 6) is -1.36. The average molecular weight is 496 g/mol. The van der Waals surface area contributed by atoms with Gasteiger partial charge in [-0.3, -0.25) is 9.59 Å². The van der Waals surface area contributed by atoms with Gasteiger partial charge in [-0.1, -0.05) is 34.4 Å². The van der Waals surface area contributed by atoms with Gasteiger partial charge in [-0.2, -0.15) is 0 Å². The number of amides is 2. The molecule has 3 aromatic rings. The van der Waals surface area contributed by atoms with Crippen LogP contribution in [0.2, 0.25) is 10.0 Å². The molecule has 0 unspecified atom stereocenters. The Balaban J connectivity index is 2.09. The van der Waals surface area contributed by atoms with Crippen LogP contribution >= 0.6 is 34.5 Å². The van der Waals surface area contributed by atoms with Gasteiger partial charge in [0, 0.05) is 19.7 Å². The van der Waals surface area contributed by atoms with Crippen molar-refractivity contribution in [3.05, 3.63) is 55.6 Å². The average Bonchev–Trinajstić information content (AvgIpc) is 3.26. The fourth-order valence-corrected chi connectivity index (χ4v) is 4.84. The Morgan fingerprint density at radius 3 is 2.31 bits per heavy atom. The number of rotatable bonds is 5. The number of hydrogen-bond acceptors (Lipinski definition) is 7. The number of ether oxygens (including phenoxy) is 1. The maximum Gasteiger partial charge on any atom is 0.341 e. The zero-order valence-electron chi connectivity index (χ0n) is 17.8. The van der Waals surface area contributed by atoms with E-state index in [9.17, 15) is 14.4 Å². The summed E-state index contributed by atoms with van der Waals surface area (Å²) in [6.07, 6.45) is 0. The molecule has 168 valence electrons. The van der Waals surface area contributed by atoms with E-state index in [-0.39, 0.29) is 33.5 Å². The summed E-state index contributed by atoms with van der Waals surface area (Å²) in [4.78, 5) is 39.9. The molecule has 0 atom stereocenters. The monoisotopic (exact) mass is 495 g/mol. The maximum atomic E-state index is 13.3. The second kappa shape index (κ2) is 9.32. The third-order valence-electron chi connectivity index (χ3n) is 4.65. The highest BCUT2D eigenvalue weighted by Gasteiger charge is 2.30. The van der Waals surface area contributed by atoms with Crippen LogP contribution in [0.3, 0.4) is 0 Å². The molecule has 0 fully saturated rings. The molecule has 0 aliphatic carbocycles. The molecule has 8 nitrogen and oxygen atoms in total. The molecule has 3 rings (SSSR count). The van der Waals surface area contributed by atoms with E-state index in [0.717, 1.165) is 11.3 Å². The van der Waals surface area contributed by atoms with Crippen LogP contribution in [0.1, 0.15) is 41.7 Å². The predicted octanol–water partition coefficient (Wildman–Crippen LogP) is 5.07. The van der Waals surface area contributed by atoms with E-state index < -0.39 is 11.9 Å². The zero-order valence-corrected chi connectivity index (χ0v) is 20.2. The fraction of sp³-hybridized carbons (Fsp3) is 0.238. The molecule has 0 radical (unpaired) electrons. The Labute approximate surface area is 198 Å². The minimum atomic E-state index is -0.678. The molecule has 11 heteroatoms. The number of aryl methyl sites for hydroxylation is 1. The van der Waals surface area contributed by atoms with Crippen molar-refractivity contribution >= 4 is 57.3 Å². The lowest BCUT2D eigenvalue weighted by Gasteiger charge is -2.08. The topological polar surface area (TPSA) is 102 Å². The molecular formula is C21H19Cl2N3O5S. The van der Waals surface area contributed by atoms with E-state index in [4.69, 9.17) is 32.5 Å². The van der Waals surface area contributed by atoms with Crippen LogP contribution < -0.4 is 5.32 Å². The van der Waals surface area contributed by atoms with Crippen molar-refractivity contribution in [2.75, 3.05) is 26.5 Å². The fourth-order valence-electron chi connectivity index (χ4n) is 3.06. The number of nitrogens with zero attached hydrogens (tertiary/aromatic N) is 2. The Morgan fingerprint density at radius 1 is 1.12 bits per heavy atom.